The molecule has 0 aromatic carbocycles. The van der Waals surface area contributed by atoms with Crippen molar-refractivity contribution in [1.82, 2.24) is 4.90 Å². The predicted molar refractivity (Wildman–Crippen MR) is 98.7 cm³/mol. The molecule has 6 fully saturated rings. The van der Waals surface area contributed by atoms with Gasteiger partial charge in [-0.1, -0.05) is 20.8 Å². The van der Waals surface area contributed by atoms with Crippen LogP contribution in [0, 0.1) is 35.5 Å². The lowest BCUT2D eigenvalue weighted by atomic mass is 9.57. The van der Waals surface area contributed by atoms with Gasteiger partial charge in [-0.3, -0.25) is 9.59 Å². The van der Waals surface area contributed by atoms with Gasteiger partial charge in [-0.25, -0.2) is 4.90 Å². The number of cyclic esters (lactones) is 1. The molecule has 5 saturated heterocycles. The summed E-state index contributed by atoms with van der Waals surface area (Å²) in [5, 5.41) is 0. The molecule has 0 N–H and O–H groups in total. The van der Waals surface area contributed by atoms with Crippen LogP contribution in [-0.4, -0.2) is 47.0 Å². The van der Waals surface area contributed by atoms with Crippen LogP contribution in [-0.2, 0) is 23.8 Å². The molecule has 0 amide bonds. The first-order chi connectivity index (χ1) is 13.5. The molecule has 1 saturated carbocycles. The molecule has 0 unspecified atom stereocenters. The number of carbonyl (C=O) groups is 2. The highest BCUT2D eigenvalue weighted by molar-refractivity contribution is 5.75. The molecule has 2 bridgehead atoms. The fourth-order valence-corrected chi connectivity index (χ4v) is 8.01. The van der Waals surface area contributed by atoms with Gasteiger partial charge in [0.25, 0.3) is 0 Å². The number of fused-ring (bicyclic) bond motifs is 2. The van der Waals surface area contributed by atoms with E-state index in [1.54, 1.807) is 0 Å². The average molecular weight is 389 g/mol. The highest BCUT2D eigenvalue weighted by Gasteiger charge is 2.77. The maximum atomic E-state index is 12.5. The number of ether oxygens (including phenoxy) is 3. The maximum Gasteiger partial charge on any atom is 0.309 e. The molecular formula is C22H31NO5. The van der Waals surface area contributed by atoms with Crippen LogP contribution in [0.2, 0.25) is 0 Å². The maximum absolute atomic E-state index is 12.5. The summed E-state index contributed by atoms with van der Waals surface area (Å²) < 4.78 is 18.6. The summed E-state index contributed by atoms with van der Waals surface area (Å²) in [6.07, 6.45) is 6.27. The average Bonchev–Trinajstić information content (AvgIpc) is 3.10. The van der Waals surface area contributed by atoms with Crippen LogP contribution in [0.5, 0.6) is 0 Å². The monoisotopic (exact) mass is 389 g/mol. The SMILES string of the molecule is CC[C@H]1[C@@H]2OC(=O)[C@H](C)[C@@H]2[C@H]2C[C@@H]([C@@H]3C[C@H](C)C(=O)O3)N3[C@@H]4CCC[C@H]1[C@]23O4. The van der Waals surface area contributed by atoms with Crippen LogP contribution in [0.1, 0.15) is 59.3 Å². The molecule has 6 aliphatic rings. The van der Waals surface area contributed by atoms with Gasteiger partial charge in [0.1, 0.15) is 24.2 Å². The lowest BCUT2D eigenvalue weighted by molar-refractivity contribution is -0.400. The topological polar surface area (TPSA) is 65.1 Å². The lowest BCUT2D eigenvalue weighted by Gasteiger charge is -2.64. The normalized spacial score (nSPS) is 57.1. The van der Waals surface area contributed by atoms with E-state index in [0.717, 1.165) is 38.5 Å². The van der Waals surface area contributed by atoms with Crippen molar-refractivity contribution >= 4 is 11.9 Å². The van der Waals surface area contributed by atoms with Crippen LogP contribution >= 0.6 is 0 Å². The van der Waals surface area contributed by atoms with Gasteiger partial charge >= 0.3 is 11.9 Å². The van der Waals surface area contributed by atoms with Gasteiger partial charge < -0.3 is 14.2 Å². The first kappa shape index (κ1) is 17.7. The summed E-state index contributed by atoms with van der Waals surface area (Å²) in [5.41, 5.74) is -0.270. The van der Waals surface area contributed by atoms with Gasteiger partial charge in [0.15, 0.2) is 0 Å². The Labute approximate surface area is 166 Å². The molecule has 11 atom stereocenters. The molecule has 1 aliphatic carbocycles. The Morgan fingerprint density at radius 2 is 1.89 bits per heavy atom. The Kier molecular flexibility index (Phi) is 3.61. The van der Waals surface area contributed by atoms with Gasteiger partial charge in [0.2, 0.25) is 0 Å². The number of nitrogens with zero attached hydrogens (tertiary/aromatic N) is 1. The minimum Gasteiger partial charge on any atom is -0.462 e. The highest BCUT2D eigenvalue weighted by Crippen LogP contribution is 2.68. The van der Waals surface area contributed by atoms with Crippen LogP contribution in [0.4, 0.5) is 0 Å². The molecule has 0 aromatic heterocycles. The van der Waals surface area contributed by atoms with Crippen LogP contribution in [0.25, 0.3) is 0 Å². The molecule has 28 heavy (non-hydrogen) atoms. The summed E-state index contributed by atoms with van der Waals surface area (Å²) in [5.74, 6) is 1.09. The fraction of sp³-hybridized carbons (Fsp3) is 0.909. The molecular weight excluding hydrogens is 358 g/mol. The van der Waals surface area contributed by atoms with Crippen LogP contribution in [0.15, 0.2) is 0 Å². The second-order valence-electron chi connectivity index (χ2n) is 10.1. The number of esters is 2. The molecule has 5 aliphatic heterocycles. The Balaban J connectivity index is 1.43. The summed E-state index contributed by atoms with van der Waals surface area (Å²) in [6, 6.07) is 0.220. The van der Waals surface area contributed by atoms with Crippen molar-refractivity contribution in [3.63, 3.8) is 0 Å². The van der Waals surface area contributed by atoms with E-state index in [2.05, 4.69) is 11.8 Å². The molecule has 5 heterocycles. The van der Waals surface area contributed by atoms with Crippen molar-refractivity contribution in [1.29, 1.82) is 0 Å². The third-order valence-corrected chi connectivity index (χ3v) is 9.06. The number of carbonyl (C=O) groups excluding carboxylic acids is 2. The number of hydrogen-bond acceptors (Lipinski definition) is 6. The van der Waals surface area contributed by atoms with Gasteiger partial charge in [0, 0.05) is 23.7 Å². The third-order valence-electron chi connectivity index (χ3n) is 9.06. The minimum atomic E-state index is -0.270. The summed E-state index contributed by atoms with van der Waals surface area (Å²) in [6.45, 7) is 6.24. The molecule has 0 radical (unpaired) electrons. The molecule has 6 heteroatoms. The first-order valence-corrected chi connectivity index (χ1v) is 11.3. The standard InChI is InChI=1S/C22H31NO5/c1-4-12-13-6-5-7-17-23-15(16-8-10(2)20(24)26-16)9-14(22(13,23)28-17)18-11(3)21(25)27-19(12)18/h10-19H,4-9H2,1-3H3/t10-,11+,12+,13+,14+,15-,16-,17-,18+,19-,22-/m0/s1. The van der Waals surface area contributed by atoms with E-state index in [1.165, 1.54) is 0 Å². The van der Waals surface area contributed by atoms with Crippen molar-refractivity contribution in [2.75, 3.05) is 0 Å². The molecule has 154 valence electrons. The van der Waals surface area contributed by atoms with Crippen molar-refractivity contribution in [3.8, 4) is 0 Å². The van der Waals surface area contributed by atoms with Gasteiger partial charge in [-0.15, -0.1) is 0 Å². The Bertz CT molecular complexity index is 726. The van der Waals surface area contributed by atoms with Crippen molar-refractivity contribution in [3.05, 3.63) is 0 Å². The van der Waals surface area contributed by atoms with E-state index in [-0.39, 0.29) is 59.9 Å². The Morgan fingerprint density at radius 1 is 1.07 bits per heavy atom. The van der Waals surface area contributed by atoms with Crippen LogP contribution in [0.3, 0.4) is 0 Å². The fourth-order valence-electron chi connectivity index (χ4n) is 8.01. The smallest absolute Gasteiger partial charge is 0.309 e. The lowest BCUT2D eigenvalue weighted by Crippen LogP contribution is -2.76. The zero-order valence-corrected chi connectivity index (χ0v) is 17.0. The summed E-state index contributed by atoms with van der Waals surface area (Å²) >= 11 is 0. The first-order valence-electron chi connectivity index (χ1n) is 11.3. The van der Waals surface area contributed by atoms with E-state index in [1.807, 2.05) is 13.8 Å². The second kappa shape index (κ2) is 5.72. The van der Waals surface area contributed by atoms with Crippen molar-refractivity contribution in [2.24, 2.45) is 35.5 Å². The van der Waals surface area contributed by atoms with E-state index < -0.39 is 0 Å². The Hall–Kier alpha value is -1.14. The number of hydrogen-bond donors (Lipinski definition) is 0. The van der Waals surface area contributed by atoms with Crippen LogP contribution < -0.4 is 0 Å². The summed E-state index contributed by atoms with van der Waals surface area (Å²) in [4.78, 5) is 27.3. The minimum absolute atomic E-state index is 0.0170. The van der Waals surface area contributed by atoms with Crippen molar-refractivity contribution in [2.45, 2.75) is 89.5 Å². The zero-order chi connectivity index (χ0) is 19.4. The third kappa shape index (κ3) is 1.92. The second-order valence-corrected chi connectivity index (χ2v) is 10.1. The van der Waals surface area contributed by atoms with E-state index in [0.29, 0.717) is 17.8 Å². The highest BCUT2D eigenvalue weighted by atomic mass is 16.6. The number of rotatable bonds is 2. The molecule has 1 spiro atoms. The zero-order valence-electron chi connectivity index (χ0n) is 17.0. The van der Waals surface area contributed by atoms with Gasteiger partial charge in [-0.05, 0) is 38.5 Å². The van der Waals surface area contributed by atoms with E-state index in [4.69, 9.17) is 14.2 Å². The predicted octanol–water partition coefficient (Wildman–Crippen LogP) is 2.70. The molecule has 6 rings (SSSR count). The van der Waals surface area contributed by atoms with E-state index >= 15 is 0 Å². The van der Waals surface area contributed by atoms with E-state index in [9.17, 15) is 9.59 Å². The van der Waals surface area contributed by atoms with Gasteiger partial charge in [0.05, 0.1) is 17.9 Å². The molecule has 0 aromatic rings. The van der Waals surface area contributed by atoms with Crippen molar-refractivity contribution < 1.29 is 23.8 Å². The molecule has 6 nitrogen and oxygen atoms in total. The quantitative estimate of drug-likeness (QED) is 0.677. The Morgan fingerprint density at radius 3 is 2.61 bits per heavy atom. The summed E-state index contributed by atoms with van der Waals surface area (Å²) in [7, 11) is 0. The largest absolute Gasteiger partial charge is 0.462 e. The van der Waals surface area contributed by atoms with Gasteiger partial charge in [-0.2, -0.15) is 0 Å².